The van der Waals surface area contributed by atoms with Gasteiger partial charge >= 0.3 is 0 Å². The molecule has 0 radical (unpaired) electrons. The molecule has 112 valence electrons. The van der Waals surface area contributed by atoms with Crippen LogP contribution >= 0.6 is 0 Å². The molecule has 0 aliphatic carbocycles. The van der Waals surface area contributed by atoms with Gasteiger partial charge in [0, 0.05) is 12.5 Å². The summed E-state index contributed by atoms with van der Waals surface area (Å²) in [5, 5.41) is 3.70. The lowest BCUT2D eigenvalue weighted by atomic mass is 9.81. The van der Waals surface area contributed by atoms with Gasteiger partial charge in [-0.3, -0.25) is 0 Å². The number of hydrogen-bond donors (Lipinski definition) is 1. The van der Waals surface area contributed by atoms with Crippen molar-refractivity contribution in [3.05, 3.63) is 29.3 Å². The fourth-order valence-electron chi connectivity index (χ4n) is 3.02. The summed E-state index contributed by atoms with van der Waals surface area (Å²) >= 11 is 0. The fraction of sp³-hybridized carbons (Fsp3) is 0.667. The van der Waals surface area contributed by atoms with Gasteiger partial charge < -0.3 is 10.1 Å². The van der Waals surface area contributed by atoms with Crippen molar-refractivity contribution in [3.63, 3.8) is 0 Å². The molecule has 2 nitrogen and oxygen atoms in total. The first kappa shape index (κ1) is 15.4. The first-order valence-corrected chi connectivity index (χ1v) is 7.78. The first-order chi connectivity index (χ1) is 9.23. The molecule has 0 saturated heterocycles. The van der Waals surface area contributed by atoms with Gasteiger partial charge in [-0.25, -0.2) is 0 Å². The van der Waals surface area contributed by atoms with Crippen molar-refractivity contribution in [2.75, 3.05) is 6.54 Å². The molecule has 0 amide bonds. The molecule has 0 spiro atoms. The molecule has 1 aromatic rings. The third kappa shape index (κ3) is 3.35. The monoisotopic (exact) mass is 275 g/mol. The zero-order valence-corrected chi connectivity index (χ0v) is 13.8. The van der Waals surface area contributed by atoms with Crippen molar-refractivity contribution in [2.45, 2.75) is 66.0 Å². The van der Waals surface area contributed by atoms with Gasteiger partial charge in [0.15, 0.2) is 0 Å². The third-order valence-electron chi connectivity index (χ3n) is 3.88. The smallest absolute Gasteiger partial charge is 0.123 e. The summed E-state index contributed by atoms with van der Waals surface area (Å²) < 4.78 is 5.98. The Morgan fingerprint density at radius 2 is 2.00 bits per heavy atom. The molecule has 1 unspecified atom stereocenters. The van der Waals surface area contributed by atoms with Crippen LogP contribution in [0.4, 0.5) is 0 Å². The maximum Gasteiger partial charge on any atom is 0.123 e. The van der Waals surface area contributed by atoms with Crippen LogP contribution in [0.25, 0.3) is 0 Å². The van der Waals surface area contributed by atoms with Crippen LogP contribution in [0.5, 0.6) is 5.75 Å². The summed E-state index contributed by atoms with van der Waals surface area (Å²) in [6, 6.07) is 7.09. The lowest BCUT2D eigenvalue weighted by Crippen LogP contribution is -2.32. The third-order valence-corrected chi connectivity index (χ3v) is 3.88. The molecule has 1 aliphatic rings. The predicted octanol–water partition coefficient (Wildman–Crippen LogP) is 4.49. The minimum Gasteiger partial charge on any atom is -0.487 e. The molecule has 0 aromatic heterocycles. The van der Waals surface area contributed by atoms with E-state index in [1.165, 1.54) is 11.1 Å². The largest absolute Gasteiger partial charge is 0.487 e. The summed E-state index contributed by atoms with van der Waals surface area (Å²) in [6.07, 6.45) is 2.16. The van der Waals surface area contributed by atoms with Crippen LogP contribution < -0.4 is 10.1 Å². The Morgan fingerprint density at radius 3 is 2.60 bits per heavy atom. The maximum atomic E-state index is 5.98. The summed E-state index contributed by atoms with van der Waals surface area (Å²) in [4.78, 5) is 0. The molecule has 1 aromatic carbocycles. The first-order valence-electron chi connectivity index (χ1n) is 7.78. The van der Waals surface area contributed by atoms with E-state index in [1.54, 1.807) is 0 Å². The Balaban J connectivity index is 2.28. The van der Waals surface area contributed by atoms with Gasteiger partial charge in [0.25, 0.3) is 0 Å². The van der Waals surface area contributed by atoms with E-state index < -0.39 is 0 Å². The number of rotatable bonds is 4. The van der Waals surface area contributed by atoms with E-state index in [0.717, 1.165) is 25.1 Å². The summed E-state index contributed by atoms with van der Waals surface area (Å²) in [5.74, 6) is 1.06. The van der Waals surface area contributed by atoms with Crippen LogP contribution in [0.2, 0.25) is 0 Å². The lowest BCUT2D eigenvalue weighted by Gasteiger charge is -2.32. The Bertz CT molecular complexity index is 471. The van der Waals surface area contributed by atoms with Crippen molar-refractivity contribution in [2.24, 2.45) is 5.41 Å². The van der Waals surface area contributed by atoms with Crippen molar-refractivity contribution < 1.29 is 4.74 Å². The quantitative estimate of drug-likeness (QED) is 0.874. The van der Waals surface area contributed by atoms with E-state index in [9.17, 15) is 0 Å². The Kier molecular flexibility index (Phi) is 4.15. The Morgan fingerprint density at radius 1 is 1.30 bits per heavy atom. The van der Waals surface area contributed by atoms with Crippen LogP contribution in [-0.2, 0) is 6.42 Å². The molecule has 2 rings (SSSR count). The van der Waals surface area contributed by atoms with Gasteiger partial charge in [0.05, 0.1) is 0 Å². The molecule has 1 aliphatic heterocycles. The Labute approximate surface area is 123 Å². The van der Waals surface area contributed by atoms with Gasteiger partial charge in [-0.1, -0.05) is 39.8 Å². The van der Waals surface area contributed by atoms with Gasteiger partial charge in [-0.15, -0.1) is 0 Å². The second kappa shape index (κ2) is 5.40. The minimum absolute atomic E-state index is 0.0605. The van der Waals surface area contributed by atoms with Crippen molar-refractivity contribution in [3.8, 4) is 5.75 Å². The van der Waals surface area contributed by atoms with E-state index in [1.807, 2.05) is 0 Å². The molecule has 0 bridgehead atoms. The van der Waals surface area contributed by atoms with Gasteiger partial charge in [-0.2, -0.15) is 0 Å². The molecular weight excluding hydrogens is 246 g/mol. The van der Waals surface area contributed by atoms with Crippen LogP contribution in [0, 0.1) is 5.41 Å². The highest BCUT2D eigenvalue weighted by molar-refractivity contribution is 5.43. The summed E-state index contributed by atoms with van der Waals surface area (Å²) in [6.45, 7) is 14.5. The second-order valence-corrected chi connectivity index (χ2v) is 7.66. The highest BCUT2D eigenvalue weighted by Gasteiger charge is 2.32. The van der Waals surface area contributed by atoms with Crippen LogP contribution in [-0.4, -0.2) is 12.1 Å². The molecule has 0 saturated carbocycles. The minimum atomic E-state index is -0.0605. The number of fused-ring (bicyclic) bond motifs is 1. The molecule has 1 heterocycles. The maximum absolute atomic E-state index is 5.98. The predicted molar refractivity (Wildman–Crippen MR) is 85.3 cm³/mol. The van der Waals surface area contributed by atoms with E-state index in [4.69, 9.17) is 4.74 Å². The molecular formula is C18H29NO. The standard InChI is InChI=1S/C18H29NO/c1-7-10-19-16(17(2,3)4)13-8-9-15-14(11-13)12-18(5,6)20-15/h8-9,11,16,19H,7,10,12H2,1-6H3. The van der Waals surface area contributed by atoms with Crippen LogP contribution in [0.1, 0.15) is 65.1 Å². The number of benzene rings is 1. The van der Waals surface area contributed by atoms with E-state index in [0.29, 0.717) is 6.04 Å². The fourth-order valence-corrected chi connectivity index (χ4v) is 3.02. The molecule has 2 heteroatoms. The van der Waals surface area contributed by atoms with Crippen molar-refractivity contribution in [1.29, 1.82) is 0 Å². The zero-order valence-electron chi connectivity index (χ0n) is 13.8. The Hall–Kier alpha value is -1.02. The molecule has 20 heavy (non-hydrogen) atoms. The lowest BCUT2D eigenvalue weighted by molar-refractivity contribution is 0.138. The average molecular weight is 275 g/mol. The summed E-state index contributed by atoms with van der Waals surface area (Å²) in [7, 11) is 0. The number of ether oxygens (including phenoxy) is 1. The average Bonchev–Trinajstić information content (AvgIpc) is 2.61. The molecule has 0 fully saturated rings. The van der Waals surface area contributed by atoms with Crippen LogP contribution in [0.15, 0.2) is 18.2 Å². The van der Waals surface area contributed by atoms with E-state index >= 15 is 0 Å². The van der Waals surface area contributed by atoms with E-state index in [2.05, 4.69) is 65.1 Å². The van der Waals surface area contributed by atoms with Gasteiger partial charge in [0.1, 0.15) is 11.4 Å². The molecule has 1 atom stereocenters. The van der Waals surface area contributed by atoms with Gasteiger partial charge in [0.2, 0.25) is 0 Å². The van der Waals surface area contributed by atoms with Crippen molar-refractivity contribution in [1.82, 2.24) is 5.32 Å². The van der Waals surface area contributed by atoms with Crippen LogP contribution in [0.3, 0.4) is 0 Å². The zero-order chi connectivity index (χ0) is 15.0. The highest BCUT2D eigenvalue weighted by Crippen LogP contribution is 2.39. The SMILES string of the molecule is CCCNC(c1ccc2c(c1)CC(C)(C)O2)C(C)(C)C. The van der Waals surface area contributed by atoms with E-state index in [-0.39, 0.29) is 11.0 Å². The van der Waals surface area contributed by atoms with Crippen molar-refractivity contribution >= 4 is 0 Å². The number of hydrogen-bond acceptors (Lipinski definition) is 2. The highest BCUT2D eigenvalue weighted by atomic mass is 16.5. The normalized spacial score (nSPS) is 18.5. The topological polar surface area (TPSA) is 21.3 Å². The molecule has 1 N–H and O–H groups in total. The summed E-state index contributed by atoms with van der Waals surface area (Å²) in [5.41, 5.74) is 2.87. The van der Waals surface area contributed by atoms with Gasteiger partial charge in [-0.05, 0) is 49.4 Å². The second-order valence-electron chi connectivity index (χ2n) is 7.66. The number of nitrogens with one attached hydrogen (secondary N) is 1.